The van der Waals surface area contributed by atoms with Gasteiger partial charge in [0.05, 0.1) is 0 Å². The zero-order chi connectivity index (χ0) is 6.72. The second-order valence-corrected chi connectivity index (χ2v) is 4.76. The van der Waals surface area contributed by atoms with Crippen LogP contribution in [0.4, 0.5) is 0 Å². The Hall–Kier alpha value is 0. The van der Waals surface area contributed by atoms with Crippen molar-refractivity contribution in [1.29, 1.82) is 0 Å². The van der Waals surface area contributed by atoms with Gasteiger partial charge in [-0.25, -0.2) is 0 Å². The summed E-state index contributed by atoms with van der Waals surface area (Å²) in [7, 11) is 0. The van der Waals surface area contributed by atoms with Crippen LogP contribution in [0.1, 0.15) is 32.6 Å². The molecule has 2 unspecified atom stereocenters. The summed E-state index contributed by atoms with van der Waals surface area (Å²) in [6.45, 7) is 2.47. The standard InChI is InChI=1S/C10H16/c1-6-8-4-9(6)10(5-8)7-2-3-7/h6-10H,2-5H2,1H3/t6-,8?,9+,10?/m1/s1. The van der Waals surface area contributed by atoms with Gasteiger partial charge in [0.15, 0.2) is 0 Å². The normalized spacial score (nSPS) is 58.5. The van der Waals surface area contributed by atoms with Crippen LogP contribution in [0.5, 0.6) is 0 Å². The maximum atomic E-state index is 2.47. The molecular formula is C10H16. The Morgan fingerprint density at radius 3 is 2.00 bits per heavy atom. The smallest absolute Gasteiger partial charge is 0.0352 e. The summed E-state index contributed by atoms with van der Waals surface area (Å²) >= 11 is 0. The predicted molar refractivity (Wildman–Crippen MR) is 41.6 cm³/mol. The molecule has 0 amide bonds. The highest BCUT2D eigenvalue weighted by atomic mass is 14.6. The molecule has 0 heterocycles. The largest absolute Gasteiger partial charge is 0.0620 e. The van der Waals surface area contributed by atoms with Gasteiger partial charge < -0.3 is 0 Å². The van der Waals surface area contributed by atoms with Crippen molar-refractivity contribution in [3.05, 3.63) is 0 Å². The van der Waals surface area contributed by atoms with E-state index in [1.54, 1.807) is 25.7 Å². The van der Waals surface area contributed by atoms with E-state index in [0.717, 1.165) is 11.8 Å². The molecule has 4 saturated carbocycles. The first-order valence-corrected chi connectivity index (χ1v) is 4.86. The van der Waals surface area contributed by atoms with Gasteiger partial charge in [0.1, 0.15) is 0 Å². The van der Waals surface area contributed by atoms with E-state index in [0.29, 0.717) is 0 Å². The number of hydrogen-bond acceptors (Lipinski definition) is 0. The molecule has 10 heavy (non-hydrogen) atoms. The second kappa shape index (κ2) is 1.60. The van der Waals surface area contributed by atoms with Crippen molar-refractivity contribution in [3.63, 3.8) is 0 Å². The quantitative estimate of drug-likeness (QED) is 0.520. The number of rotatable bonds is 1. The fourth-order valence-electron chi connectivity index (χ4n) is 3.40. The van der Waals surface area contributed by atoms with Crippen LogP contribution >= 0.6 is 0 Å². The van der Waals surface area contributed by atoms with Crippen molar-refractivity contribution in [2.24, 2.45) is 29.6 Å². The molecule has 0 aromatic rings. The molecule has 56 valence electrons. The fourth-order valence-corrected chi connectivity index (χ4v) is 3.40. The number of fused-ring (bicyclic) bond motifs is 1. The highest BCUT2D eigenvalue weighted by molar-refractivity contribution is 5.03. The summed E-state index contributed by atoms with van der Waals surface area (Å²) in [5.74, 6) is 5.85. The Bertz CT molecular complexity index is 157. The maximum absolute atomic E-state index is 2.47. The molecule has 0 aliphatic heterocycles. The minimum absolute atomic E-state index is 1.12. The second-order valence-electron chi connectivity index (χ2n) is 4.76. The average molecular weight is 136 g/mol. The van der Waals surface area contributed by atoms with Gasteiger partial charge in [0, 0.05) is 0 Å². The lowest BCUT2D eigenvalue weighted by atomic mass is 9.72. The molecule has 4 aliphatic rings. The summed E-state index contributed by atoms with van der Waals surface area (Å²) < 4.78 is 0. The minimum Gasteiger partial charge on any atom is -0.0620 e. The molecule has 4 fully saturated rings. The van der Waals surface area contributed by atoms with Crippen molar-refractivity contribution in [2.75, 3.05) is 0 Å². The van der Waals surface area contributed by atoms with Crippen molar-refractivity contribution in [2.45, 2.75) is 32.6 Å². The lowest BCUT2D eigenvalue weighted by Crippen LogP contribution is -2.26. The number of hydrogen-bond donors (Lipinski definition) is 0. The van der Waals surface area contributed by atoms with Crippen LogP contribution < -0.4 is 0 Å². The van der Waals surface area contributed by atoms with Crippen LogP contribution in [0.15, 0.2) is 0 Å². The van der Waals surface area contributed by atoms with E-state index in [4.69, 9.17) is 0 Å². The summed E-state index contributed by atoms with van der Waals surface area (Å²) in [5.41, 5.74) is 0. The molecular weight excluding hydrogens is 120 g/mol. The monoisotopic (exact) mass is 136 g/mol. The van der Waals surface area contributed by atoms with E-state index in [1.807, 2.05) is 0 Å². The summed E-state index contributed by atoms with van der Waals surface area (Å²) in [6, 6.07) is 0. The molecule has 0 aromatic carbocycles. The highest BCUT2D eigenvalue weighted by Crippen LogP contribution is 2.62. The van der Waals surface area contributed by atoms with Crippen molar-refractivity contribution in [1.82, 2.24) is 0 Å². The third kappa shape index (κ3) is 0.538. The van der Waals surface area contributed by atoms with Gasteiger partial charge in [-0.2, -0.15) is 0 Å². The SMILES string of the molecule is C[C@@H]1C2CC(C3CC3)[C@H]1C2. The van der Waals surface area contributed by atoms with E-state index in [-0.39, 0.29) is 0 Å². The van der Waals surface area contributed by atoms with Gasteiger partial charge >= 0.3 is 0 Å². The van der Waals surface area contributed by atoms with Crippen LogP contribution in [0, 0.1) is 29.6 Å². The van der Waals surface area contributed by atoms with E-state index >= 15 is 0 Å². The summed E-state index contributed by atoms with van der Waals surface area (Å²) in [4.78, 5) is 0. The maximum Gasteiger partial charge on any atom is -0.0352 e. The Morgan fingerprint density at radius 2 is 1.60 bits per heavy atom. The third-order valence-electron chi connectivity index (χ3n) is 4.35. The van der Waals surface area contributed by atoms with Gasteiger partial charge in [0.2, 0.25) is 0 Å². The van der Waals surface area contributed by atoms with Gasteiger partial charge in [-0.3, -0.25) is 0 Å². The topological polar surface area (TPSA) is 0 Å². The Kier molecular flexibility index (Phi) is 0.898. The first-order chi connectivity index (χ1) is 4.86. The fraction of sp³-hybridized carbons (Fsp3) is 1.00. The van der Waals surface area contributed by atoms with Crippen molar-refractivity contribution < 1.29 is 0 Å². The molecule has 4 atom stereocenters. The van der Waals surface area contributed by atoms with Crippen LogP contribution in [-0.4, -0.2) is 0 Å². The van der Waals surface area contributed by atoms with Gasteiger partial charge in [-0.05, 0) is 55.3 Å². The third-order valence-corrected chi connectivity index (χ3v) is 4.35. The Balaban J connectivity index is 1.78. The summed E-state index contributed by atoms with van der Waals surface area (Å²) in [6.07, 6.45) is 6.35. The van der Waals surface area contributed by atoms with Crippen LogP contribution in [-0.2, 0) is 0 Å². The first-order valence-electron chi connectivity index (χ1n) is 4.86. The summed E-state index contributed by atoms with van der Waals surface area (Å²) in [5, 5.41) is 0. The molecule has 0 saturated heterocycles. The van der Waals surface area contributed by atoms with E-state index < -0.39 is 0 Å². The van der Waals surface area contributed by atoms with E-state index in [9.17, 15) is 0 Å². The van der Waals surface area contributed by atoms with E-state index in [1.165, 1.54) is 17.8 Å². The van der Waals surface area contributed by atoms with Crippen molar-refractivity contribution in [3.8, 4) is 0 Å². The molecule has 4 aliphatic carbocycles. The van der Waals surface area contributed by atoms with Crippen molar-refractivity contribution >= 4 is 0 Å². The molecule has 0 N–H and O–H groups in total. The highest BCUT2D eigenvalue weighted by Gasteiger charge is 2.54. The molecule has 0 spiro atoms. The van der Waals surface area contributed by atoms with E-state index in [2.05, 4.69) is 6.92 Å². The molecule has 2 bridgehead atoms. The molecule has 4 rings (SSSR count). The van der Waals surface area contributed by atoms with Gasteiger partial charge in [-0.15, -0.1) is 0 Å². The lowest BCUT2D eigenvalue weighted by Gasteiger charge is -2.34. The minimum atomic E-state index is 1.12. The molecule has 0 heteroatoms. The van der Waals surface area contributed by atoms with Gasteiger partial charge in [0.25, 0.3) is 0 Å². The average Bonchev–Trinajstić information content (AvgIpc) is 2.62. The van der Waals surface area contributed by atoms with Crippen LogP contribution in [0.25, 0.3) is 0 Å². The Morgan fingerprint density at radius 1 is 0.900 bits per heavy atom. The van der Waals surface area contributed by atoms with Crippen LogP contribution in [0.3, 0.4) is 0 Å². The molecule has 0 radical (unpaired) electrons. The Labute approximate surface area is 63.0 Å². The molecule has 0 nitrogen and oxygen atoms in total. The van der Waals surface area contributed by atoms with Crippen LogP contribution in [0.2, 0.25) is 0 Å². The zero-order valence-electron chi connectivity index (χ0n) is 6.72. The predicted octanol–water partition coefficient (Wildman–Crippen LogP) is 2.69. The first kappa shape index (κ1) is 5.62. The lowest BCUT2D eigenvalue weighted by molar-refractivity contribution is 0.153. The molecule has 0 aromatic heterocycles. The van der Waals surface area contributed by atoms with Gasteiger partial charge in [-0.1, -0.05) is 6.92 Å². The zero-order valence-corrected chi connectivity index (χ0v) is 6.72.